The lowest BCUT2D eigenvalue weighted by Crippen LogP contribution is -2.13. The van der Waals surface area contributed by atoms with E-state index in [9.17, 15) is 4.79 Å². The van der Waals surface area contributed by atoms with Gasteiger partial charge in [-0.15, -0.1) is 0 Å². The highest BCUT2D eigenvalue weighted by molar-refractivity contribution is 5.92. The third-order valence-corrected chi connectivity index (χ3v) is 3.10. The summed E-state index contributed by atoms with van der Waals surface area (Å²) < 4.78 is 8.36. The molecule has 7 nitrogen and oxygen atoms in total. The number of carbonyl (C=O) groups excluding carboxylic acids is 1. The highest BCUT2D eigenvalue weighted by atomic mass is 16.5. The average Bonchev–Trinajstić information content (AvgIpc) is 2.99. The molecule has 7 heteroatoms. The highest BCUT2D eigenvalue weighted by Gasteiger charge is 2.20. The van der Waals surface area contributed by atoms with Crippen LogP contribution < -0.4 is 5.73 Å². The van der Waals surface area contributed by atoms with E-state index >= 15 is 0 Å². The summed E-state index contributed by atoms with van der Waals surface area (Å²) in [7, 11) is 1.32. The topological polar surface area (TPSA) is 88.0 Å². The maximum atomic E-state index is 11.6. The number of hydrogen-bond donors (Lipinski definition) is 1. The number of methoxy groups -OCH3 is 1. The van der Waals surface area contributed by atoms with E-state index in [4.69, 9.17) is 5.73 Å². The molecule has 0 amide bonds. The first-order valence-corrected chi connectivity index (χ1v) is 6.49. The molecule has 2 heterocycles. The molecule has 0 aliphatic carbocycles. The van der Waals surface area contributed by atoms with Gasteiger partial charge in [0.1, 0.15) is 11.6 Å². The fourth-order valence-electron chi connectivity index (χ4n) is 2.07. The van der Waals surface area contributed by atoms with E-state index in [-0.39, 0.29) is 5.69 Å². The van der Waals surface area contributed by atoms with Gasteiger partial charge < -0.3 is 15.0 Å². The smallest absolute Gasteiger partial charge is 0.360 e. The van der Waals surface area contributed by atoms with Gasteiger partial charge in [0.25, 0.3) is 0 Å². The molecule has 0 aliphatic rings. The second-order valence-corrected chi connectivity index (χ2v) is 4.54. The number of ether oxygens (including phenoxy) is 1. The first-order valence-electron chi connectivity index (χ1n) is 6.49. The van der Waals surface area contributed by atoms with Gasteiger partial charge in [0.2, 0.25) is 0 Å². The number of carbonyl (C=O) groups is 1. The Labute approximate surface area is 117 Å². The molecule has 0 saturated carbocycles. The van der Waals surface area contributed by atoms with Crippen molar-refractivity contribution in [2.45, 2.75) is 33.4 Å². The lowest BCUT2D eigenvalue weighted by Gasteiger charge is -2.08. The summed E-state index contributed by atoms with van der Waals surface area (Å²) in [6, 6.07) is 0. The molecule has 2 N–H and O–H groups in total. The van der Waals surface area contributed by atoms with Crippen molar-refractivity contribution in [3.05, 3.63) is 29.5 Å². The van der Waals surface area contributed by atoms with E-state index in [2.05, 4.69) is 14.8 Å². The molecule has 0 spiro atoms. The zero-order valence-electron chi connectivity index (χ0n) is 12.0. The van der Waals surface area contributed by atoms with Gasteiger partial charge in [-0.3, -0.25) is 4.68 Å². The van der Waals surface area contributed by atoms with Crippen molar-refractivity contribution in [2.75, 3.05) is 12.8 Å². The molecule has 0 saturated heterocycles. The molecule has 0 aliphatic heterocycles. The lowest BCUT2D eigenvalue weighted by molar-refractivity contribution is 0.0595. The monoisotopic (exact) mass is 277 g/mol. The molecular weight excluding hydrogens is 258 g/mol. The zero-order valence-corrected chi connectivity index (χ0v) is 12.0. The van der Waals surface area contributed by atoms with E-state index in [1.807, 2.05) is 29.3 Å². The Morgan fingerprint density at radius 3 is 2.75 bits per heavy atom. The zero-order chi connectivity index (χ0) is 14.7. The SMILES string of the molecule is CCc1nc(C(=O)OC)c(N)n1CCn1cc(C)cn1. The Bertz CT molecular complexity index is 614. The van der Waals surface area contributed by atoms with Crippen LogP contribution in [0.25, 0.3) is 0 Å². The molecule has 0 unspecified atom stereocenters. The summed E-state index contributed by atoms with van der Waals surface area (Å²) in [6.07, 6.45) is 4.46. The third-order valence-electron chi connectivity index (χ3n) is 3.10. The van der Waals surface area contributed by atoms with Gasteiger partial charge in [-0.1, -0.05) is 6.92 Å². The first kappa shape index (κ1) is 14.1. The number of aryl methyl sites for hydroxylation is 3. The lowest BCUT2D eigenvalue weighted by atomic mass is 10.4. The molecule has 0 fully saturated rings. The molecule has 2 aromatic rings. The van der Waals surface area contributed by atoms with Crippen molar-refractivity contribution in [1.29, 1.82) is 0 Å². The van der Waals surface area contributed by atoms with Crippen LogP contribution in [0.2, 0.25) is 0 Å². The largest absolute Gasteiger partial charge is 0.464 e. The minimum Gasteiger partial charge on any atom is -0.464 e. The van der Waals surface area contributed by atoms with Gasteiger partial charge in [-0.05, 0) is 12.5 Å². The van der Waals surface area contributed by atoms with Crippen LogP contribution in [0, 0.1) is 6.92 Å². The maximum absolute atomic E-state index is 11.6. The van der Waals surface area contributed by atoms with E-state index in [0.29, 0.717) is 25.3 Å². The Balaban J connectivity index is 2.21. The van der Waals surface area contributed by atoms with Gasteiger partial charge >= 0.3 is 5.97 Å². The minimum atomic E-state index is -0.508. The Morgan fingerprint density at radius 1 is 1.45 bits per heavy atom. The van der Waals surface area contributed by atoms with Crippen molar-refractivity contribution < 1.29 is 9.53 Å². The fourth-order valence-corrected chi connectivity index (χ4v) is 2.07. The summed E-state index contributed by atoms with van der Waals surface area (Å²) in [5, 5.41) is 4.22. The second-order valence-electron chi connectivity index (χ2n) is 4.54. The van der Waals surface area contributed by atoms with Crippen LogP contribution in [0.15, 0.2) is 12.4 Å². The number of nitrogen functional groups attached to an aromatic ring is 1. The number of nitrogens with zero attached hydrogens (tertiary/aromatic N) is 4. The summed E-state index contributed by atoms with van der Waals surface area (Å²) in [4.78, 5) is 15.8. The summed E-state index contributed by atoms with van der Waals surface area (Å²) in [5.41, 5.74) is 7.28. The quantitative estimate of drug-likeness (QED) is 0.824. The van der Waals surface area contributed by atoms with Crippen molar-refractivity contribution in [1.82, 2.24) is 19.3 Å². The molecule has 0 radical (unpaired) electrons. The predicted octanol–water partition coefficient (Wildman–Crippen LogP) is 1.02. The summed E-state index contributed by atoms with van der Waals surface area (Å²) >= 11 is 0. The fraction of sp³-hybridized carbons (Fsp3) is 0.462. The van der Waals surface area contributed by atoms with Crippen LogP contribution in [-0.2, 0) is 24.2 Å². The van der Waals surface area contributed by atoms with Crippen LogP contribution in [0.3, 0.4) is 0 Å². The van der Waals surface area contributed by atoms with E-state index in [1.165, 1.54) is 7.11 Å². The van der Waals surface area contributed by atoms with Crippen LogP contribution >= 0.6 is 0 Å². The van der Waals surface area contributed by atoms with Gasteiger partial charge in [0.05, 0.1) is 19.9 Å². The van der Waals surface area contributed by atoms with Gasteiger partial charge in [0.15, 0.2) is 5.69 Å². The van der Waals surface area contributed by atoms with Gasteiger partial charge in [0, 0.05) is 19.2 Å². The average molecular weight is 277 g/mol. The highest BCUT2D eigenvalue weighted by Crippen LogP contribution is 2.16. The molecular formula is C13H19N5O2. The molecule has 0 bridgehead atoms. The first-order chi connectivity index (χ1) is 9.56. The van der Waals surface area contributed by atoms with Crippen LogP contribution in [0.4, 0.5) is 5.82 Å². The van der Waals surface area contributed by atoms with Crippen LogP contribution in [0.1, 0.15) is 28.8 Å². The predicted molar refractivity (Wildman–Crippen MR) is 74.3 cm³/mol. The van der Waals surface area contributed by atoms with Crippen LogP contribution in [0.5, 0.6) is 0 Å². The number of hydrogen-bond acceptors (Lipinski definition) is 5. The third kappa shape index (κ3) is 2.66. The number of nitrogens with two attached hydrogens (primary N) is 1. The number of anilines is 1. The number of esters is 1. The standard InChI is InChI=1S/C13H19N5O2/c1-4-10-16-11(13(19)20-3)12(14)18(10)6-5-17-8-9(2)7-15-17/h7-8H,4-6,14H2,1-3H3. The molecule has 108 valence electrons. The van der Waals surface area contributed by atoms with E-state index in [0.717, 1.165) is 11.4 Å². The van der Waals surface area contributed by atoms with E-state index in [1.54, 1.807) is 6.20 Å². The van der Waals surface area contributed by atoms with Crippen molar-refractivity contribution >= 4 is 11.8 Å². The number of imidazole rings is 1. The van der Waals surface area contributed by atoms with Crippen molar-refractivity contribution in [2.24, 2.45) is 0 Å². The molecule has 0 atom stereocenters. The van der Waals surface area contributed by atoms with E-state index < -0.39 is 5.97 Å². The molecule has 2 rings (SSSR count). The Kier molecular flexibility index (Phi) is 4.07. The second kappa shape index (κ2) is 5.77. The van der Waals surface area contributed by atoms with Crippen molar-refractivity contribution in [3.8, 4) is 0 Å². The maximum Gasteiger partial charge on any atom is 0.360 e. The van der Waals surface area contributed by atoms with Crippen molar-refractivity contribution in [3.63, 3.8) is 0 Å². The Hall–Kier alpha value is -2.31. The van der Waals surface area contributed by atoms with Crippen LogP contribution in [-0.4, -0.2) is 32.4 Å². The normalized spacial score (nSPS) is 10.8. The van der Waals surface area contributed by atoms with Gasteiger partial charge in [-0.25, -0.2) is 9.78 Å². The Morgan fingerprint density at radius 2 is 2.20 bits per heavy atom. The van der Waals surface area contributed by atoms with Gasteiger partial charge in [-0.2, -0.15) is 5.10 Å². The number of rotatable bonds is 5. The summed E-state index contributed by atoms with van der Waals surface area (Å²) in [5.74, 6) is 0.607. The molecule has 2 aromatic heterocycles. The molecule has 20 heavy (non-hydrogen) atoms. The summed E-state index contributed by atoms with van der Waals surface area (Å²) in [6.45, 7) is 5.24. The molecule has 0 aromatic carbocycles. The minimum absolute atomic E-state index is 0.181. The number of aromatic nitrogens is 4.